The molecule has 1 aromatic heterocycles. The van der Waals surface area contributed by atoms with Crippen molar-refractivity contribution < 1.29 is 42.5 Å². The Kier molecular flexibility index (Phi) is 9.88. The van der Waals surface area contributed by atoms with Gasteiger partial charge in [-0.25, -0.2) is 14.0 Å². The Morgan fingerprint density at radius 1 is 1.09 bits per heavy atom. The molecule has 1 heterocycles. The summed E-state index contributed by atoms with van der Waals surface area (Å²) < 4.78 is 30.5. The molecule has 0 bridgehead atoms. The van der Waals surface area contributed by atoms with Crippen LogP contribution in [0.1, 0.15) is 72.4 Å². The third-order valence-electron chi connectivity index (χ3n) is 6.83. The van der Waals surface area contributed by atoms with Crippen molar-refractivity contribution in [3.8, 4) is 11.1 Å². The van der Waals surface area contributed by atoms with Crippen molar-refractivity contribution in [2.45, 2.75) is 51.6 Å². The number of hydrogen-bond donors (Lipinski definition) is 1. The van der Waals surface area contributed by atoms with Gasteiger partial charge in [-0.1, -0.05) is 30.5 Å². The SMILES string of the molecule is COC(=O)c1cccc(C(=O)COC(=O)C(CC2CC2)c2ccc(-c3cc(Cl)ccc3NC(=O)OC(C)(C)C)c[n+]2[O-])c1F. The molecule has 12 heteroatoms. The number of halogens is 2. The molecule has 0 aliphatic heterocycles. The largest absolute Gasteiger partial charge is 0.618 e. The van der Waals surface area contributed by atoms with Gasteiger partial charge in [0, 0.05) is 22.2 Å². The minimum absolute atomic E-state index is 0.0978. The van der Waals surface area contributed by atoms with Crippen LogP contribution in [0.3, 0.4) is 0 Å². The van der Waals surface area contributed by atoms with Gasteiger partial charge < -0.3 is 19.4 Å². The molecule has 0 spiro atoms. The van der Waals surface area contributed by atoms with Gasteiger partial charge in [-0.15, -0.1) is 0 Å². The molecule has 0 radical (unpaired) electrons. The average molecular weight is 627 g/mol. The number of nitrogens with zero attached hydrogens (tertiary/aromatic N) is 1. The molecule has 1 atom stereocenters. The summed E-state index contributed by atoms with van der Waals surface area (Å²) in [6, 6.07) is 11.5. The molecule has 1 saturated carbocycles. The number of anilines is 1. The Morgan fingerprint density at radius 3 is 2.43 bits per heavy atom. The molecular formula is C32H32ClFN2O8. The van der Waals surface area contributed by atoms with Crippen molar-refractivity contribution >= 4 is 41.1 Å². The number of ketones is 1. The molecule has 1 aliphatic carbocycles. The van der Waals surface area contributed by atoms with Crippen LogP contribution in [-0.4, -0.2) is 43.1 Å². The first-order chi connectivity index (χ1) is 20.8. The molecule has 232 valence electrons. The second-order valence-electron chi connectivity index (χ2n) is 11.4. The third kappa shape index (κ3) is 8.10. The molecule has 10 nitrogen and oxygen atoms in total. The second-order valence-corrected chi connectivity index (χ2v) is 11.8. The van der Waals surface area contributed by atoms with E-state index in [0.29, 0.717) is 33.0 Å². The van der Waals surface area contributed by atoms with E-state index in [2.05, 4.69) is 10.1 Å². The van der Waals surface area contributed by atoms with Crippen molar-refractivity contribution in [2.24, 2.45) is 5.92 Å². The van der Waals surface area contributed by atoms with E-state index in [-0.39, 0.29) is 11.6 Å². The van der Waals surface area contributed by atoms with Crippen LogP contribution in [0.2, 0.25) is 5.02 Å². The van der Waals surface area contributed by atoms with Crippen LogP contribution < -0.4 is 10.0 Å². The van der Waals surface area contributed by atoms with E-state index < -0.39 is 58.9 Å². The number of carbonyl (C=O) groups is 4. The lowest BCUT2D eigenvalue weighted by atomic mass is 9.96. The highest BCUT2D eigenvalue weighted by Gasteiger charge is 2.36. The highest BCUT2D eigenvalue weighted by Crippen LogP contribution is 2.39. The van der Waals surface area contributed by atoms with Crippen molar-refractivity contribution in [3.63, 3.8) is 0 Å². The zero-order valence-corrected chi connectivity index (χ0v) is 25.4. The summed E-state index contributed by atoms with van der Waals surface area (Å²) in [6.45, 7) is 4.40. The van der Waals surface area contributed by atoms with E-state index in [1.807, 2.05) is 0 Å². The van der Waals surface area contributed by atoms with E-state index in [9.17, 15) is 28.8 Å². The maximum absolute atomic E-state index is 14.8. The Bertz CT molecular complexity index is 1600. The van der Waals surface area contributed by atoms with Crippen LogP contribution in [0.15, 0.2) is 54.7 Å². The minimum Gasteiger partial charge on any atom is -0.618 e. The number of carbonyl (C=O) groups excluding carboxylic acids is 4. The van der Waals surface area contributed by atoms with Crippen molar-refractivity contribution in [1.29, 1.82) is 0 Å². The van der Waals surface area contributed by atoms with Crippen LogP contribution in [0.25, 0.3) is 11.1 Å². The Labute approximate surface area is 258 Å². The molecule has 4 rings (SSSR count). The van der Waals surface area contributed by atoms with Gasteiger partial charge in [0.05, 0.1) is 23.9 Å². The van der Waals surface area contributed by atoms with Gasteiger partial charge in [-0.2, -0.15) is 4.73 Å². The first kappa shape index (κ1) is 32.4. The molecule has 1 unspecified atom stereocenters. The van der Waals surface area contributed by atoms with Crippen molar-refractivity contribution in [3.05, 3.63) is 87.6 Å². The summed E-state index contributed by atoms with van der Waals surface area (Å²) in [5.41, 5.74) is -0.275. The molecule has 1 amide bonds. The summed E-state index contributed by atoms with van der Waals surface area (Å²) in [6.07, 6.45) is 2.66. The fraction of sp³-hybridized carbons (Fsp3) is 0.344. The maximum Gasteiger partial charge on any atom is 0.412 e. The summed E-state index contributed by atoms with van der Waals surface area (Å²) in [5, 5.41) is 16.3. The Hall–Kier alpha value is -4.51. The number of pyridine rings is 1. The number of hydrogen-bond acceptors (Lipinski definition) is 8. The second kappa shape index (κ2) is 13.4. The maximum atomic E-state index is 14.8. The van der Waals surface area contributed by atoms with Crippen LogP contribution in [0.5, 0.6) is 0 Å². The zero-order chi connectivity index (χ0) is 32.2. The minimum atomic E-state index is -1.08. The summed E-state index contributed by atoms with van der Waals surface area (Å²) in [4.78, 5) is 50.1. The highest BCUT2D eigenvalue weighted by atomic mass is 35.5. The lowest BCUT2D eigenvalue weighted by molar-refractivity contribution is -0.614. The normalized spacial score (nSPS) is 13.5. The van der Waals surface area contributed by atoms with Gasteiger partial charge in [-0.05, 0) is 69.5 Å². The van der Waals surface area contributed by atoms with E-state index >= 15 is 0 Å². The van der Waals surface area contributed by atoms with Gasteiger partial charge in [0.15, 0.2) is 12.8 Å². The lowest BCUT2D eigenvalue weighted by Crippen LogP contribution is -2.36. The number of esters is 2. The van der Waals surface area contributed by atoms with Gasteiger partial charge in [0.2, 0.25) is 11.5 Å². The smallest absolute Gasteiger partial charge is 0.412 e. The van der Waals surface area contributed by atoms with Gasteiger partial charge in [0.25, 0.3) is 0 Å². The van der Waals surface area contributed by atoms with Gasteiger partial charge >= 0.3 is 18.0 Å². The topological polar surface area (TPSA) is 135 Å². The lowest BCUT2D eigenvalue weighted by Gasteiger charge is -2.20. The highest BCUT2D eigenvalue weighted by molar-refractivity contribution is 6.31. The van der Waals surface area contributed by atoms with Crippen molar-refractivity contribution in [2.75, 3.05) is 19.0 Å². The number of nitrogens with one attached hydrogen (secondary N) is 1. The van der Waals surface area contributed by atoms with Crippen LogP contribution in [0.4, 0.5) is 14.9 Å². The molecule has 44 heavy (non-hydrogen) atoms. The fourth-order valence-electron chi connectivity index (χ4n) is 4.55. The molecule has 1 fully saturated rings. The van der Waals surface area contributed by atoms with Crippen molar-refractivity contribution in [1.82, 2.24) is 0 Å². The van der Waals surface area contributed by atoms with Crippen LogP contribution >= 0.6 is 11.6 Å². The Balaban J connectivity index is 1.55. The summed E-state index contributed by atoms with van der Waals surface area (Å²) in [5.74, 6) is -4.50. The predicted octanol–water partition coefficient (Wildman–Crippen LogP) is 6.22. The fourth-order valence-corrected chi connectivity index (χ4v) is 4.73. The number of rotatable bonds is 10. The molecule has 1 N–H and O–H groups in total. The monoisotopic (exact) mass is 626 g/mol. The number of aromatic nitrogens is 1. The average Bonchev–Trinajstić information content (AvgIpc) is 3.78. The number of ether oxygens (including phenoxy) is 3. The summed E-state index contributed by atoms with van der Waals surface area (Å²) >= 11 is 6.22. The zero-order valence-electron chi connectivity index (χ0n) is 24.6. The van der Waals surface area contributed by atoms with E-state index in [4.69, 9.17) is 21.1 Å². The molecular weight excluding hydrogens is 595 g/mol. The van der Waals surface area contributed by atoms with Gasteiger partial charge in [-0.3, -0.25) is 14.9 Å². The van der Waals surface area contributed by atoms with Crippen LogP contribution in [0, 0.1) is 16.9 Å². The number of benzene rings is 2. The molecule has 0 saturated heterocycles. The molecule has 2 aromatic carbocycles. The van der Waals surface area contributed by atoms with E-state index in [1.165, 1.54) is 30.5 Å². The van der Waals surface area contributed by atoms with Gasteiger partial charge in [0.1, 0.15) is 17.3 Å². The van der Waals surface area contributed by atoms with Crippen LogP contribution in [-0.2, 0) is 19.0 Å². The quantitative estimate of drug-likeness (QED) is 0.0921. The first-order valence-corrected chi connectivity index (χ1v) is 14.2. The standard InChI is InChI=1S/C32H32ClFN2O8/c1-32(2,3)44-31(40)35-25-12-11-20(33)15-23(25)19-10-13-26(36(41)16-19)24(14-18-8-9-18)30(39)43-17-27(37)21-6-5-7-22(28(21)34)29(38)42-4/h5-7,10-13,15-16,18,24H,8-9,14,17H2,1-4H3,(H,35,40). The third-order valence-corrected chi connectivity index (χ3v) is 7.07. The first-order valence-electron chi connectivity index (χ1n) is 13.9. The molecule has 3 aromatic rings. The van der Waals surface area contributed by atoms with E-state index in [0.717, 1.165) is 20.0 Å². The summed E-state index contributed by atoms with van der Waals surface area (Å²) in [7, 11) is 1.09. The number of methoxy groups -OCH3 is 1. The van der Waals surface area contributed by atoms with E-state index in [1.54, 1.807) is 45.0 Å². The predicted molar refractivity (Wildman–Crippen MR) is 159 cm³/mol. The number of Topliss-reactive ketones (excluding diaryl/α,β-unsaturated/α-hetero) is 1. The number of amides is 1. The molecule has 1 aliphatic rings. The Morgan fingerprint density at radius 2 is 1.80 bits per heavy atom.